The molecule has 0 aromatic heterocycles. The van der Waals surface area contributed by atoms with Gasteiger partial charge in [-0.15, -0.1) is 0 Å². The molecule has 4 bridgehead atoms. The van der Waals surface area contributed by atoms with Gasteiger partial charge in [-0.25, -0.2) is 0 Å². The van der Waals surface area contributed by atoms with E-state index in [-0.39, 0.29) is 15.7 Å². The van der Waals surface area contributed by atoms with Crippen molar-refractivity contribution in [1.82, 2.24) is 0 Å². The molecule has 112 valence electrons. The van der Waals surface area contributed by atoms with Crippen LogP contribution in [0.15, 0.2) is 0 Å². The van der Waals surface area contributed by atoms with E-state index in [4.69, 9.17) is 10.5 Å². The van der Waals surface area contributed by atoms with Crippen molar-refractivity contribution < 1.29 is 14.3 Å². The number of carbonyl (C=O) groups is 2. The summed E-state index contributed by atoms with van der Waals surface area (Å²) in [5.74, 6) is 0.643. The third-order valence-electron chi connectivity index (χ3n) is 5.34. The predicted molar refractivity (Wildman–Crippen MR) is 78.1 cm³/mol. The van der Waals surface area contributed by atoms with E-state index >= 15 is 0 Å². The quantitative estimate of drug-likeness (QED) is 0.629. The molecule has 0 spiro atoms. The van der Waals surface area contributed by atoms with Crippen LogP contribution in [0.5, 0.6) is 0 Å². The second kappa shape index (κ2) is 4.72. The van der Waals surface area contributed by atoms with Crippen molar-refractivity contribution in [3.63, 3.8) is 0 Å². The molecule has 2 N–H and O–H groups in total. The number of alkyl halides is 1. The molecule has 0 unspecified atom stereocenters. The summed E-state index contributed by atoms with van der Waals surface area (Å²) >= 11 is 3.93. The summed E-state index contributed by atoms with van der Waals surface area (Å²) in [6.07, 6.45) is 6.76. The minimum absolute atomic E-state index is 0.0854. The molecule has 0 saturated heterocycles. The molecule has 3 atom stereocenters. The summed E-state index contributed by atoms with van der Waals surface area (Å²) in [6, 6.07) is 0. The highest BCUT2D eigenvalue weighted by molar-refractivity contribution is 9.10. The van der Waals surface area contributed by atoms with Gasteiger partial charge in [0.05, 0.1) is 6.42 Å². The van der Waals surface area contributed by atoms with Gasteiger partial charge in [0, 0.05) is 4.32 Å². The zero-order chi connectivity index (χ0) is 14.5. The van der Waals surface area contributed by atoms with Crippen LogP contribution in [0.25, 0.3) is 0 Å². The molecular weight excluding hydrogens is 322 g/mol. The largest absolute Gasteiger partial charge is 0.453 e. The first-order valence-corrected chi connectivity index (χ1v) is 8.26. The molecule has 5 heteroatoms. The molecule has 4 aliphatic carbocycles. The standard InChI is InChI=1S/C15H22BrNO3/c1-9(13(17)19)20-12(18)7-14-3-10-2-11(4-14)6-15(16,5-10)8-14/h9-11H,2-8H2,1H3,(H2,17,19)/t9-,10-,11-,14?,15?/m1/s1. The molecule has 4 saturated carbocycles. The maximum Gasteiger partial charge on any atom is 0.307 e. The number of hydrogen-bond acceptors (Lipinski definition) is 3. The Balaban J connectivity index is 1.68. The van der Waals surface area contributed by atoms with Crippen LogP contribution >= 0.6 is 15.9 Å². The normalized spacial score (nSPS) is 43.3. The third-order valence-corrected chi connectivity index (χ3v) is 6.27. The first kappa shape index (κ1) is 14.4. The number of esters is 1. The van der Waals surface area contributed by atoms with E-state index in [0.29, 0.717) is 6.42 Å². The summed E-state index contributed by atoms with van der Waals surface area (Å²) in [5.41, 5.74) is 5.23. The fraction of sp³-hybridized carbons (Fsp3) is 0.867. The summed E-state index contributed by atoms with van der Waals surface area (Å²) in [5, 5.41) is 0. The lowest BCUT2D eigenvalue weighted by Gasteiger charge is -2.60. The number of primary amides is 1. The highest BCUT2D eigenvalue weighted by Crippen LogP contribution is 2.65. The van der Waals surface area contributed by atoms with Gasteiger partial charge in [0.15, 0.2) is 6.10 Å². The lowest BCUT2D eigenvalue weighted by molar-refractivity contribution is -0.159. The monoisotopic (exact) mass is 343 g/mol. The third kappa shape index (κ3) is 2.61. The molecule has 0 radical (unpaired) electrons. The summed E-state index contributed by atoms with van der Waals surface area (Å²) in [6.45, 7) is 1.53. The lowest BCUT2D eigenvalue weighted by atomic mass is 9.49. The van der Waals surface area contributed by atoms with E-state index in [1.54, 1.807) is 0 Å². The Kier molecular flexibility index (Phi) is 3.39. The van der Waals surface area contributed by atoms with Crippen molar-refractivity contribution in [2.45, 2.75) is 62.3 Å². The Bertz CT molecular complexity index is 436. The van der Waals surface area contributed by atoms with Gasteiger partial charge in [0.2, 0.25) is 0 Å². The Morgan fingerprint density at radius 2 is 1.90 bits per heavy atom. The zero-order valence-electron chi connectivity index (χ0n) is 11.9. The van der Waals surface area contributed by atoms with E-state index < -0.39 is 12.0 Å². The van der Waals surface area contributed by atoms with Gasteiger partial charge in [-0.2, -0.15) is 0 Å². The maximum absolute atomic E-state index is 12.1. The van der Waals surface area contributed by atoms with Gasteiger partial charge in [-0.05, 0) is 62.7 Å². The first-order chi connectivity index (χ1) is 9.29. The molecule has 20 heavy (non-hydrogen) atoms. The number of nitrogens with two attached hydrogens (primary N) is 1. The average Bonchev–Trinajstić information content (AvgIpc) is 2.23. The second-order valence-electron chi connectivity index (χ2n) is 7.32. The fourth-order valence-corrected chi connectivity index (χ4v) is 6.66. The molecule has 4 nitrogen and oxygen atoms in total. The minimum atomic E-state index is -0.825. The van der Waals surface area contributed by atoms with Crippen LogP contribution in [0.3, 0.4) is 0 Å². The van der Waals surface area contributed by atoms with Crippen molar-refractivity contribution in [1.29, 1.82) is 0 Å². The average molecular weight is 344 g/mol. The van der Waals surface area contributed by atoms with Crippen LogP contribution in [-0.4, -0.2) is 22.3 Å². The Hall–Kier alpha value is -0.580. The number of halogens is 1. The molecule has 0 heterocycles. The molecule has 4 aliphatic rings. The van der Waals surface area contributed by atoms with Crippen molar-refractivity contribution in [3.05, 3.63) is 0 Å². The number of hydrogen-bond donors (Lipinski definition) is 1. The van der Waals surface area contributed by atoms with E-state index in [0.717, 1.165) is 31.1 Å². The molecule has 4 rings (SSSR count). The van der Waals surface area contributed by atoms with Crippen molar-refractivity contribution in [2.24, 2.45) is 23.0 Å². The highest BCUT2D eigenvalue weighted by atomic mass is 79.9. The van der Waals surface area contributed by atoms with E-state index in [9.17, 15) is 9.59 Å². The Labute approximate surface area is 127 Å². The van der Waals surface area contributed by atoms with Crippen LogP contribution in [0, 0.1) is 17.3 Å². The van der Waals surface area contributed by atoms with Crippen molar-refractivity contribution in [2.75, 3.05) is 0 Å². The molecular formula is C15H22BrNO3. The van der Waals surface area contributed by atoms with E-state index in [2.05, 4.69) is 15.9 Å². The molecule has 0 aliphatic heterocycles. The van der Waals surface area contributed by atoms with Crippen LogP contribution in [0.2, 0.25) is 0 Å². The summed E-state index contributed by atoms with van der Waals surface area (Å²) in [4.78, 5) is 23.1. The fourth-order valence-electron chi connectivity index (χ4n) is 5.15. The first-order valence-electron chi connectivity index (χ1n) is 7.47. The predicted octanol–water partition coefficient (Wildman–Crippen LogP) is 2.53. The van der Waals surface area contributed by atoms with E-state index in [1.165, 1.54) is 26.2 Å². The lowest BCUT2D eigenvalue weighted by Crippen LogP contribution is -2.53. The number of carbonyl (C=O) groups excluding carboxylic acids is 2. The summed E-state index contributed by atoms with van der Waals surface area (Å²) in [7, 11) is 0. The molecule has 1 amide bonds. The second-order valence-corrected chi connectivity index (χ2v) is 9.01. The molecule has 0 aromatic rings. The minimum Gasteiger partial charge on any atom is -0.453 e. The van der Waals surface area contributed by atoms with Crippen molar-refractivity contribution in [3.8, 4) is 0 Å². The topological polar surface area (TPSA) is 69.4 Å². The smallest absolute Gasteiger partial charge is 0.307 e. The van der Waals surface area contributed by atoms with Crippen molar-refractivity contribution >= 4 is 27.8 Å². The highest BCUT2D eigenvalue weighted by Gasteiger charge is 2.57. The van der Waals surface area contributed by atoms with Crippen LogP contribution in [0.1, 0.15) is 51.9 Å². The van der Waals surface area contributed by atoms with Gasteiger partial charge < -0.3 is 10.5 Å². The number of amides is 1. The van der Waals surface area contributed by atoms with Crippen LogP contribution < -0.4 is 5.73 Å². The number of ether oxygens (including phenoxy) is 1. The van der Waals surface area contributed by atoms with Gasteiger partial charge >= 0.3 is 5.97 Å². The molecule has 4 fully saturated rings. The van der Waals surface area contributed by atoms with Crippen LogP contribution in [-0.2, 0) is 14.3 Å². The SMILES string of the molecule is C[C@@H](OC(=O)CC12C[C@H]3C[C@@H](CC(Br)(C3)C1)C2)C(N)=O. The number of rotatable bonds is 4. The van der Waals surface area contributed by atoms with E-state index in [1.807, 2.05) is 0 Å². The van der Waals surface area contributed by atoms with Gasteiger partial charge in [0.1, 0.15) is 0 Å². The molecule has 0 aromatic carbocycles. The zero-order valence-corrected chi connectivity index (χ0v) is 13.4. The Morgan fingerprint density at radius 1 is 1.30 bits per heavy atom. The van der Waals surface area contributed by atoms with Crippen LogP contribution in [0.4, 0.5) is 0 Å². The maximum atomic E-state index is 12.1. The summed E-state index contributed by atoms with van der Waals surface area (Å²) < 4.78 is 5.40. The Morgan fingerprint density at radius 3 is 2.40 bits per heavy atom. The van der Waals surface area contributed by atoms with Gasteiger partial charge in [-0.3, -0.25) is 9.59 Å². The van der Waals surface area contributed by atoms with Gasteiger partial charge in [0.25, 0.3) is 5.91 Å². The van der Waals surface area contributed by atoms with Gasteiger partial charge in [-0.1, -0.05) is 15.9 Å².